The molecule has 2 unspecified atom stereocenters. The van der Waals surface area contributed by atoms with Gasteiger partial charge in [0.25, 0.3) is 0 Å². The molecule has 2 aliphatic rings. The van der Waals surface area contributed by atoms with Crippen LogP contribution in [0.15, 0.2) is 22.4 Å². The largest absolute Gasteiger partial charge is 0.378 e. The Morgan fingerprint density at radius 2 is 2.11 bits per heavy atom. The molecule has 3 rings (SSSR count). The molecule has 1 aliphatic heterocycles. The van der Waals surface area contributed by atoms with E-state index < -0.39 is 0 Å². The number of nitrogens with one attached hydrogen (secondary N) is 1. The second-order valence-electron chi connectivity index (χ2n) is 7.90. The first-order valence-electron chi connectivity index (χ1n) is 10.4. The van der Waals surface area contributed by atoms with E-state index in [1.165, 1.54) is 32.1 Å². The molecule has 1 saturated carbocycles. The third-order valence-corrected chi connectivity index (χ3v) is 5.89. The first-order valence-corrected chi connectivity index (χ1v) is 10.4. The van der Waals surface area contributed by atoms with Gasteiger partial charge in [-0.3, -0.25) is 4.99 Å². The zero-order chi connectivity index (χ0) is 19.9. The number of methoxy groups -OCH3 is 1. The van der Waals surface area contributed by atoms with Crippen molar-refractivity contribution in [1.82, 2.24) is 10.3 Å². The van der Waals surface area contributed by atoms with Crippen LogP contribution in [0, 0.1) is 6.92 Å². The van der Waals surface area contributed by atoms with E-state index in [9.17, 15) is 0 Å². The highest BCUT2D eigenvalue weighted by molar-refractivity contribution is 6.39. The van der Waals surface area contributed by atoms with Crippen LogP contribution in [-0.4, -0.2) is 62.3 Å². The molecule has 1 aromatic rings. The van der Waals surface area contributed by atoms with Gasteiger partial charge in [-0.1, -0.05) is 19.3 Å². The molecule has 2 atom stereocenters. The highest BCUT2D eigenvalue weighted by Gasteiger charge is 2.32. The predicted molar refractivity (Wildman–Crippen MR) is 116 cm³/mol. The van der Waals surface area contributed by atoms with Crippen LogP contribution < -0.4 is 16.1 Å². The number of anilines is 1. The maximum Gasteiger partial charge on any atom is 0.138 e. The molecule has 7 heteroatoms. The summed E-state index contributed by atoms with van der Waals surface area (Å²) in [5.41, 5.74) is 2.63. The van der Waals surface area contributed by atoms with E-state index in [4.69, 9.17) is 15.6 Å². The molecular weight excluding hydrogens is 352 g/mol. The van der Waals surface area contributed by atoms with Crippen molar-refractivity contribution in [2.45, 2.75) is 63.6 Å². The second kappa shape index (κ2) is 9.98. The van der Waals surface area contributed by atoms with Crippen molar-refractivity contribution >= 4 is 17.7 Å². The molecule has 28 heavy (non-hydrogen) atoms. The number of aromatic nitrogens is 1. The zero-order valence-electron chi connectivity index (χ0n) is 17.4. The summed E-state index contributed by atoms with van der Waals surface area (Å²) in [6.07, 6.45) is 11.4. The Labute approximate surface area is 168 Å². The molecule has 0 bridgehead atoms. The highest BCUT2D eigenvalue weighted by atomic mass is 16.5. The summed E-state index contributed by atoms with van der Waals surface area (Å²) in [4.78, 5) is 11.1. The third-order valence-electron chi connectivity index (χ3n) is 5.89. The van der Waals surface area contributed by atoms with Gasteiger partial charge in [0.1, 0.15) is 11.5 Å². The number of piperidine rings is 1. The molecule has 0 radical (unpaired) electrons. The summed E-state index contributed by atoms with van der Waals surface area (Å²) >= 11 is 0. The van der Waals surface area contributed by atoms with Crippen molar-refractivity contribution in [3.63, 3.8) is 0 Å². The standard InChI is InChI=1S/C21H34N6O/c1-15-11-17(19(26-22)13-23-2)21(24-12-15)27-10-9-18(20(14-27)28-3)25-16-7-5-4-6-8-16/h11-13,16,18,20,25H,4-10,14,22H2,1-3H3. The molecule has 3 N–H and O–H groups in total. The van der Waals surface area contributed by atoms with Crippen LogP contribution >= 0.6 is 0 Å². The molecule has 1 saturated heterocycles. The van der Waals surface area contributed by atoms with E-state index in [0.717, 1.165) is 36.5 Å². The molecule has 0 amide bonds. The third kappa shape index (κ3) is 4.89. The van der Waals surface area contributed by atoms with Crippen LogP contribution in [0.5, 0.6) is 0 Å². The van der Waals surface area contributed by atoms with E-state index in [1.54, 1.807) is 13.3 Å². The van der Waals surface area contributed by atoms with Crippen LogP contribution in [0.1, 0.15) is 49.7 Å². The van der Waals surface area contributed by atoms with Crippen molar-refractivity contribution in [2.24, 2.45) is 15.9 Å². The maximum absolute atomic E-state index is 5.88. The Balaban J connectivity index is 1.76. The van der Waals surface area contributed by atoms with Crippen LogP contribution in [0.2, 0.25) is 0 Å². The Bertz CT molecular complexity index is 698. The minimum Gasteiger partial charge on any atom is -0.378 e. The Morgan fingerprint density at radius 3 is 2.79 bits per heavy atom. The Hall–Kier alpha value is -1.99. The summed E-state index contributed by atoms with van der Waals surface area (Å²) in [7, 11) is 3.53. The summed E-state index contributed by atoms with van der Waals surface area (Å²) < 4.78 is 5.88. The zero-order valence-corrected chi connectivity index (χ0v) is 17.4. The smallest absolute Gasteiger partial charge is 0.138 e. The lowest BCUT2D eigenvalue weighted by atomic mass is 9.92. The summed E-state index contributed by atoms with van der Waals surface area (Å²) in [6, 6.07) is 3.09. The Kier molecular flexibility index (Phi) is 7.39. The van der Waals surface area contributed by atoms with E-state index in [2.05, 4.69) is 26.4 Å². The predicted octanol–water partition coefficient (Wildman–Crippen LogP) is 2.27. The fraction of sp³-hybridized carbons (Fsp3) is 0.667. The molecule has 7 nitrogen and oxygen atoms in total. The second-order valence-corrected chi connectivity index (χ2v) is 7.90. The monoisotopic (exact) mass is 386 g/mol. The Morgan fingerprint density at radius 1 is 1.32 bits per heavy atom. The number of rotatable bonds is 6. The van der Waals surface area contributed by atoms with E-state index >= 15 is 0 Å². The van der Waals surface area contributed by atoms with Gasteiger partial charge in [-0.15, -0.1) is 0 Å². The van der Waals surface area contributed by atoms with E-state index in [0.29, 0.717) is 17.8 Å². The van der Waals surface area contributed by atoms with E-state index in [-0.39, 0.29) is 6.10 Å². The van der Waals surface area contributed by atoms with Crippen molar-refractivity contribution < 1.29 is 4.74 Å². The number of nitrogens with two attached hydrogens (primary N) is 1. The van der Waals surface area contributed by atoms with Crippen LogP contribution in [0.4, 0.5) is 5.82 Å². The van der Waals surface area contributed by atoms with Crippen molar-refractivity contribution in [3.05, 3.63) is 23.4 Å². The number of nitrogens with zero attached hydrogens (tertiary/aromatic N) is 4. The topological polar surface area (TPSA) is 88.1 Å². The average Bonchev–Trinajstić information content (AvgIpc) is 2.73. The lowest BCUT2D eigenvalue weighted by molar-refractivity contribution is 0.0534. The molecule has 0 aromatic carbocycles. The number of aliphatic imine (C=N–C) groups is 1. The van der Waals surface area contributed by atoms with Gasteiger partial charge in [-0.2, -0.15) is 5.10 Å². The average molecular weight is 387 g/mol. The molecular formula is C21H34N6O. The number of aryl methyl sites for hydroxylation is 1. The highest BCUT2D eigenvalue weighted by Crippen LogP contribution is 2.26. The minimum atomic E-state index is 0.129. The maximum atomic E-state index is 5.88. The summed E-state index contributed by atoms with van der Waals surface area (Å²) in [5.74, 6) is 6.53. The van der Waals surface area contributed by atoms with Gasteiger partial charge in [-0.25, -0.2) is 4.98 Å². The first-order chi connectivity index (χ1) is 13.7. The molecule has 0 spiro atoms. The number of hydrazone groups is 1. The lowest BCUT2D eigenvalue weighted by Crippen LogP contribution is -2.56. The van der Waals surface area contributed by atoms with Gasteiger partial charge >= 0.3 is 0 Å². The van der Waals surface area contributed by atoms with Gasteiger partial charge in [0.15, 0.2) is 0 Å². The summed E-state index contributed by atoms with van der Waals surface area (Å²) in [6.45, 7) is 3.75. The fourth-order valence-corrected chi connectivity index (χ4v) is 4.41. The first kappa shape index (κ1) is 20.7. The van der Waals surface area contributed by atoms with E-state index in [1.807, 2.05) is 20.2 Å². The van der Waals surface area contributed by atoms with Gasteiger partial charge in [0, 0.05) is 57.3 Å². The van der Waals surface area contributed by atoms with Crippen LogP contribution in [0.25, 0.3) is 0 Å². The summed E-state index contributed by atoms with van der Waals surface area (Å²) in [5, 5.41) is 7.81. The molecule has 154 valence electrons. The number of hydrogen-bond donors (Lipinski definition) is 2. The van der Waals surface area contributed by atoms with Crippen molar-refractivity contribution in [3.8, 4) is 0 Å². The quantitative estimate of drug-likeness (QED) is 0.445. The van der Waals surface area contributed by atoms with Gasteiger partial charge < -0.3 is 20.8 Å². The van der Waals surface area contributed by atoms with Gasteiger partial charge in [-0.05, 0) is 37.8 Å². The number of hydrogen-bond acceptors (Lipinski definition) is 7. The minimum absolute atomic E-state index is 0.129. The molecule has 2 fully saturated rings. The molecule has 2 heterocycles. The normalized spacial score (nSPS) is 24.8. The van der Waals surface area contributed by atoms with Gasteiger partial charge in [0.2, 0.25) is 0 Å². The number of ether oxygens (including phenoxy) is 1. The van der Waals surface area contributed by atoms with Crippen molar-refractivity contribution in [2.75, 3.05) is 32.1 Å². The SMILES string of the molecule is CN=CC(=NN)c1cc(C)cnc1N1CCC(NC2CCCCC2)C(OC)C1. The number of pyridine rings is 1. The van der Waals surface area contributed by atoms with Gasteiger partial charge in [0.05, 0.1) is 6.10 Å². The molecule has 1 aliphatic carbocycles. The van der Waals surface area contributed by atoms with Crippen LogP contribution in [-0.2, 0) is 4.74 Å². The van der Waals surface area contributed by atoms with Crippen molar-refractivity contribution in [1.29, 1.82) is 0 Å². The lowest BCUT2D eigenvalue weighted by Gasteiger charge is -2.41. The fourth-order valence-electron chi connectivity index (χ4n) is 4.41. The molecule has 1 aromatic heterocycles. The van der Waals surface area contributed by atoms with Crippen LogP contribution in [0.3, 0.4) is 0 Å².